The highest BCUT2D eigenvalue weighted by molar-refractivity contribution is 5.83. The van der Waals surface area contributed by atoms with Crippen molar-refractivity contribution in [2.75, 3.05) is 18.5 Å². The summed E-state index contributed by atoms with van der Waals surface area (Å²) in [6, 6.07) is 10.3. The van der Waals surface area contributed by atoms with E-state index in [1.54, 1.807) is 12.3 Å². The molecule has 0 N–H and O–H groups in total. The number of anilines is 1. The van der Waals surface area contributed by atoms with Gasteiger partial charge in [-0.1, -0.05) is 6.07 Å². The second kappa shape index (κ2) is 6.60. The van der Waals surface area contributed by atoms with Gasteiger partial charge in [0, 0.05) is 43.7 Å². The summed E-state index contributed by atoms with van der Waals surface area (Å²) < 4.78 is 0. The molecule has 0 aliphatic rings. The molecule has 0 bridgehead atoms. The van der Waals surface area contributed by atoms with E-state index in [0.29, 0.717) is 12.8 Å². The molecule has 0 atom stereocenters. The molecule has 0 fully saturated rings. The number of aldehydes is 1. The molecule has 0 spiro atoms. The van der Waals surface area contributed by atoms with Gasteiger partial charge in [0.1, 0.15) is 0 Å². The number of nitro groups is 1. The molecular formula is C15H15N3O3. The van der Waals surface area contributed by atoms with E-state index in [2.05, 4.69) is 4.98 Å². The number of nitro benzene ring substituents is 1. The lowest BCUT2D eigenvalue weighted by atomic mass is 10.1. The minimum atomic E-state index is -0.554. The van der Waals surface area contributed by atoms with Gasteiger partial charge in [-0.3, -0.25) is 19.9 Å². The largest absolute Gasteiger partial charge is 0.374 e. The molecule has 0 aliphatic heterocycles. The monoisotopic (exact) mass is 285 g/mol. The first kappa shape index (κ1) is 14.6. The third-order valence-corrected chi connectivity index (χ3v) is 3.21. The van der Waals surface area contributed by atoms with Crippen molar-refractivity contribution in [3.8, 4) is 0 Å². The highest BCUT2D eigenvalue weighted by Gasteiger charge is 2.14. The Bertz CT molecular complexity index is 644. The molecule has 0 saturated heterocycles. The summed E-state index contributed by atoms with van der Waals surface area (Å²) in [5, 5.41) is 10.8. The molecule has 108 valence electrons. The standard InChI is InChI=1S/C15H15N3O3/c1-17(9-7-13-4-2-3-8-16-13)14-5-6-15(18(20)21)12(10-14)11-19/h2-6,8,10-11H,7,9H2,1H3. The molecule has 2 rings (SSSR count). The average molecular weight is 285 g/mol. The second-order valence-electron chi connectivity index (χ2n) is 4.61. The summed E-state index contributed by atoms with van der Waals surface area (Å²) in [7, 11) is 1.87. The van der Waals surface area contributed by atoms with Crippen molar-refractivity contribution in [3.05, 3.63) is 64.0 Å². The Morgan fingerprint density at radius 2 is 2.14 bits per heavy atom. The van der Waals surface area contributed by atoms with Gasteiger partial charge >= 0.3 is 0 Å². The minimum absolute atomic E-state index is 0.0854. The van der Waals surface area contributed by atoms with Crippen molar-refractivity contribution in [3.63, 3.8) is 0 Å². The summed E-state index contributed by atoms with van der Waals surface area (Å²) in [6.07, 6.45) is 3.00. The maximum atomic E-state index is 11.0. The Morgan fingerprint density at radius 1 is 1.33 bits per heavy atom. The van der Waals surface area contributed by atoms with Crippen molar-refractivity contribution in [1.29, 1.82) is 0 Å². The lowest BCUT2D eigenvalue weighted by Crippen LogP contribution is -2.20. The average Bonchev–Trinajstić information content (AvgIpc) is 2.52. The highest BCUT2D eigenvalue weighted by atomic mass is 16.6. The van der Waals surface area contributed by atoms with E-state index in [4.69, 9.17) is 0 Å². The van der Waals surface area contributed by atoms with Crippen LogP contribution in [0, 0.1) is 10.1 Å². The fourth-order valence-corrected chi connectivity index (χ4v) is 2.00. The Morgan fingerprint density at radius 3 is 2.76 bits per heavy atom. The number of nitrogens with zero attached hydrogens (tertiary/aromatic N) is 3. The molecule has 0 amide bonds. The van der Waals surface area contributed by atoms with Crippen molar-refractivity contribution in [2.45, 2.75) is 6.42 Å². The van der Waals surface area contributed by atoms with Crippen LogP contribution in [-0.2, 0) is 6.42 Å². The van der Waals surface area contributed by atoms with Gasteiger partial charge < -0.3 is 4.90 Å². The molecule has 0 aliphatic carbocycles. The van der Waals surface area contributed by atoms with Crippen LogP contribution >= 0.6 is 0 Å². The van der Waals surface area contributed by atoms with E-state index < -0.39 is 4.92 Å². The van der Waals surface area contributed by atoms with E-state index in [0.717, 1.165) is 17.8 Å². The number of likely N-dealkylation sites (N-methyl/N-ethyl adjacent to an activating group) is 1. The molecular weight excluding hydrogens is 270 g/mol. The molecule has 6 nitrogen and oxygen atoms in total. The molecule has 0 saturated carbocycles. The summed E-state index contributed by atoms with van der Waals surface area (Å²) in [5.74, 6) is 0. The number of carbonyl (C=O) groups is 1. The Hall–Kier alpha value is -2.76. The zero-order valence-electron chi connectivity index (χ0n) is 11.6. The smallest absolute Gasteiger partial charge is 0.280 e. The van der Waals surface area contributed by atoms with E-state index in [1.807, 2.05) is 30.1 Å². The number of pyridine rings is 1. The van der Waals surface area contributed by atoms with E-state index >= 15 is 0 Å². The third kappa shape index (κ3) is 3.62. The first-order chi connectivity index (χ1) is 10.1. The van der Waals surface area contributed by atoms with Crippen LogP contribution in [0.5, 0.6) is 0 Å². The number of hydrogen-bond acceptors (Lipinski definition) is 5. The van der Waals surface area contributed by atoms with Crippen molar-refractivity contribution < 1.29 is 9.72 Å². The fraction of sp³-hybridized carbons (Fsp3) is 0.200. The van der Waals surface area contributed by atoms with Crippen molar-refractivity contribution in [2.24, 2.45) is 0 Å². The topological polar surface area (TPSA) is 76.3 Å². The molecule has 2 aromatic rings. The van der Waals surface area contributed by atoms with E-state index in [9.17, 15) is 14.9 Å². The lowest BCUT2D eigenvalue weighted by molar-refractivity contribution is -0.385. The highest BCUT2D eigenvalue weighted by Crippen LogP contribution is 2.23. The van der Waals surface area contributed by atoms with Crippen LogP contribution in [0.4, 0.5) is 11.4 Å². The van der Waals surface area contributed by atoms with Gasteiger partial charge in [0.2, 0.25) is 0 Å². The number of hydrogen-bond donors (Lipinski definition) is 0. The first-order valence-corrected chi connectivity index (χ1v) is 6.46. The Labute approximate surface area is 122 Å². The van der Waals surface area contributed by atoms with Crippen LogP contribution in [0.25, 0.3) is 0 Å². The summed E-state index contributed by atoms with van der Waals surface area (Å²) >= 11 is 0. The van der Waals surface area contributed by atoms with Crippen LogP contribution in [0.2, 0.25) is 0 Å². The lowest BCUT2D eigenvalue weighted by Gasteiger charge is -2.19. The molecule has 6 heteroatoms. The summed E-state index contributed by atoms with van der Waals surface area (Å²) in [6.45, 7) is 0.702. The normalized spacial score (nSPS) is 10.1. The van der Waals surface area contributed by atoms with Crippen molar-refractivity contribution >= 4 is 17.7 Å². The summed E-state index contributed by atoms with van der Waals surface area (Å²) in [5.41, 5.74) is 1.65. The number of aromatic nitrogens is 1. The van der Waals surface area contributed by atoms with Gasteiger partial charge in [-0.15, -0.1) is 0 Å². The zero-order chi connectivity index (χ0) is 15.2. The van der Waals surface area contributed by atoms with Gasteiger partial charge in [0.25, 0.3) is 5.69 Å². The SMILES string of the molecule is CN(CCc1ccccn1)c1ccc([N+](=O)[O-])c(C=O)c1. The fourth-order valence-electron chi connectivity index (χ4n) is 2.00. The second-order valence-corrected chi connectivity index (χ2v) is 4.61. The number of carbonyl (C=O) groups excluding carboxylic acids is 1. The van der Waals surface area contributed by atoms with Gasteiger partial charge in [0.05, 0.1) is 10.5 Å². The van der Waals surface area contributed by atoms with Crippen LogP contribution in [0.1, 0.15) is 16.1 Å². The number of benzene rings is 1. The third-order valence-electron chi connectivity index (χ3n) is 3.21. The Kier molecular flexibility index (Phi) is 4.61. The van der Waals surface area contributed by atoms with Crippen LogP contribution in [0.3, 0.4) is 0 Å². The predicted octanol–water partition coefficient (Wildman–Crippen LogP) is 2.48. The minimum Gasteiger partial charge on any atom is -0.374 e. The zero-order valence-corrected chi connectivity index (χ0v) is 11.6. The maximum Gasteiger partial charge on any atom is 0.280 e. The van der Waals surface area contributed by atoms with E-state index in [-0.39, 0.29) is 11.3 Å². The molecule has 1 aromatic heterocycles. The molecule has 1 aromatic carbocycles. The van der Waals surface area contributed by atoms with Crippen LogP contribution in [-0.4, -0.2) is 29.8 Å². The first-order valence-electron chi connectivity index (χ1n) is 6.46. The predicted molar refractivity (Wildman–Crippen MR) is 79.7 cm³/mol. The van der Waals surface area contributed by atoms with Gasteiger partial charge in [-0.25, -0.2) is 0 Å². The molecule has 0 unspecified atom stereocenters. The van der Waals surface area contributed by atoms with Crippen LogP contribution in [0.15, 0.2) is 42.6 Å². The quantitative estimate of drug-likeness (QED) is 0.463. The summed E-state index contributed by atoms with van der Waals surface area (Å²) in [4.78, 5) is 27.4. The Balaban J connectivity index is 2.10. The van der Waals surface area contributed by atoms with Gasteiger partial charge in [0.15, 0.2) is 6.29 Å². The van der Waals surface area contributed by atoms with Crippen LogP contribution < -0.4 is 4.90 Å². The maximum absolute atomic E-state index is 11.0. The van der Waals surface area contributed by atoms with Gasteiger partial charge in [-0.05, 0) is 24.3 Å². The van der Waals surface area contributed by atoms with E-state index in [1.165, 1.54) is 12.1 Å². The van der Waals surface area contributed by atoms with Crippen molar-refractivity contribution in [1.82, 2.24) is 4.98 Å². The molecule has 1 heterocycles. The molecule has 0 radical (unpaired) electrons. The number of rotatable bonds is 6. The van der Waals surface area contributed by atoms with Gasteiger partial charge in [-0.2, -0.15) is 0 Å². The molecule has 21 heavy (non-hydrogen) atoms.